The fourth-order valence-corrected chi connectivity index (χ4v) is 5.26. The molecule has 1 fully saturated rings. The van der Waals surface area contributed by atoms with Gasteiger partial charge in [0.1, 0.15) is 5.75 Å². The van der Waals surface area contributed by atoms with Gasteiger partial charge in [0.2, 0.25) is 15.9 Å². The second kappa shape index (κ2) is 9.32. The molecule has 1 aliphatic heterocycles. The molecule has 2 aromatic carbocycles. The Bertz CT molecular complexity index is 1040. The van der Waals surface area contributed by atoms with Crippen LogP contribution in [0.1, 0.15) is 31.4 Å². The summed E-state index contributed by atoms with van der Waals surface area (Å²) < 4.78 is 59.3. The second-order valence-electron chi connectivity index (χ2n) is 7.68. The Hall–Kier alpha value is -2.52. The first-order valence-corrected chi connectivity index (χ1v) is 11.4. The van der Waals surface area contributed by atoms with E-state index in [-0.39, 0.29) is 17.3 Å². The van der Waals surface area contributed by atoms with E-state index in [2.05, 4.69) is 0 Å². The van der Waals surface area contributed by atoms with Crippen molar-refractivity contribution in [3.63, 3.8) is 0 Å². The average molecular weight is 453 g/mol. The zero-order valence-corrected chi connectivity index (χ0v) is 18.5. The van der Waals surface area contributed by atoms with Crippen LogP contribution in [0.3, 0.4) is 0 Å². The van der Waals surface area contributed by atoms with E-state index in [0.29, 0.717) is 30.7 Å². The summed E-state index contributed by atoms with van der Waals surface area (Å²) in [5, 5.41) is 0. The van der Waals surface area contributed by atoms with Crippen LogP contribution in [0.15, 0.2) is 47.4 Å². The lowest BCUT2D eigenvalue weighted by atomic mass is 9.96. The molecule has 6 nitrogen and oxygen atoms in total. The van der Waals surface area contributed by atoms with Crippen molar-refractivity contribution in [2.45, 2.75) is 30.7 Å². The molecule has 1 saturated heterocycles. The molecule has 1 heterocycles. The average Bonchev–Trinajstić information content (AvgIpc) is 2.79. The summed E-state index contributed by atoms with van der Waals surface area (Å²) in [6.45, 7) is 2.13. The number of benzene rings is 2. The number of piperidine rings is 1. The van der Waals surface area contributed by atoms with Gasteiger partial charge in [-0.2, -0.15) is 4.31 Å². The van der Waals surface area contributed by atoms with Gasteiger partial charge in [-0.1, -0.05) is 6.07 Å². The predicted octanol–water partition coefficient (Wildman–Crippen LogP) is 3.59. The van der Waals surface area contributed by atoms with Gasteiger partial charge in [0, 0.05) is 20.1 Å². The zero-order valence-electron chi connectivity index (χ0n) is 17.7. The van der Waals surface area contributed by atoms with E-state index in [4.69, 9.17) is 4.74 Å². The van der Waals surface area contributed by atoms with Crippen molar-refractivity contribution in [3.05, 3.63) is 59.7 Å². The normalized spacial score (nSPS) is 18.4. The Labute approximate surface area is 181 Å². The highest BCUT2D eigenvalue weighted by Crippen LogP contribution is 2.28. The summed E-state index contributed by atoms with van der Waals surface area (Å²) in [6.07, 6.45) is 1.11. The van der Waals surface area contributed by atoms with Gasteiger partial charge in [-0.3, -0.25) is 4.79 Å². The van der Waals surface area contributed by atoms with E-state index in [1.54, 1.807) is 26.1 Å². The molecule has 0 aromatic heterocycles. The molecule has 0 radical (unpaired) electrons. The largest absolute Gasteiger partial charge is 0.497 e. The van der Waals surface area contributed by atoms with Crippen molar-refractivity contribution in [1.82, 2.24) is 9.21 Å². The van der Waals surface area contributed by atoms with Crippen molar-refractivity contribution in [2.75, 3.05) is 27.2 Å². The van der Waals surface area contributed by atoms with Crippen LogP contribution in [-0.4, -0.2) is 50.8 Å². The summed E-state index contributed by atoms with van der Waals surface area (Å²) in [7, 11) is -0.656. The second-order valence-corrected chi connectivity index (χ2v) is 9.61. The standard InChI is InChI=1S/C22H26F2N2O4S/c1-15(16-6-11-20(23)21(24)13-16)25(2)22(27)17-5-4-12-26(14-17)31(28,29)19-9-7-18(30-3)8-10-19/h6-11,13,15,17H,4-5,12,14H2,1-3H3. The molecule has 31 heavy (non-hydrogen) atoms. The minimum Gasteiger partial charge on any atom is -0.497 e. The van der Waals surface area contributed by atoms with Crippen LogP contribution < -0.4 is 4.74 Å². The number of rotatable bonds is 6. The lowest BCUT2D eigenvalue weighted by molar-refractivity contribution is -0.137. The fourth-order valence-electron chi connectivity index (χ4n) is 3.73. The lowest BCUT2D eigenvalue weighted by Gasteiger charge is -2.35. The third kappa shape index (κ3) is 4.88. The highest BCUT2D eigenvalue weighted by Gasteiger charge is 2.35. The Morgan fingerprint density at radius 1 is 1.16 bits per heavy atom. The molecule has 1 aliphatic rings. The SMILES string of the molecule is COc1ccc(S(=O)(=O)N2CCCC(C(=O)N(C)C(C)c3ccc(F)c(F)c3)C2)cc1. The van der Waals surface area contributed by atoms with Crippen LogP contribution in [0, 0.1) is 17.6 Å². The maximum absolute atomic E-state index is 13.6. The number of methoxy groups -OCH3 is 1. The zero-order chi connectivity index (χ0) is 22.8. The molecule has 1 amide bonds. The van der Waals surface area contributed by atoms with Crippen LogP contribution in [-0.2, 0) is 14.8 Å². The van der Waals surface area contributed by atoms with E-state index in [1.807, 2.05) is 0 Å². The minimum atomic E-state index is -3.75. The monoisotopic (exact) mass is 452 g/mol. The molecular formula is C22H26F2N2O4S. The van der Waals surface area contributed by atoms with Crippen molar-refractivity contribution in [2.24, 2.45) is 5.92 Å². The van der Waals surface area contributed by atoms with Gasteiger partial charge in [0.15, 0.2) is 11.6 Å². The van der Waals surface area contributed by atoms with Crippen LogP contribution in [0.25, 0.3) is 0 Å². The van der Waals surface area contributed by atoms with E-state index in [0.717, 1.165) is 12.1 Å². The van der Waals surface area contributed by atoms with Crippen LogP contribution in [0.4, 0.5) is 8.78 Å². The molecule has 0 saturated carbocycles. The molecule has 0 spiro atoms. The van der Waals surface area contributed by atoms with Crippen LogP contribution in [0.5, 0.6) is 5.75 Å². The summed E-state index contributed by atoms with van der Waals surface area (Å²) in [4.78, 5) is 14.7. The van der Waals surface area contributed by atoms with Crippen LogP contribution in [0.2, 0.25) is 0 Å². The quantitative estimate of drug-likeness (QED) is 0.672. The fraction of sp³-hybridized carbons (Fsp3) is 0.409. The molecule has 0 bridgehead atoms. The predicted molar refractivity (Wildman–Crippen MR) is 112 cm³/mol. The number of hydrogen-bond donors (Lipinski definition) is 0. The molecule has 0 N–H and O–H groups in total. The number of nitrogens with zero attached hydrogens (tertiary/aromatic N) is 2. The van der Waals surface area contributed by atoms with Crippen molar-refractivity contribution in [3.8, 4) is 5.75 Å². The summed E-state index contributed by atoms with van der Waals surface area (Å²) >= 11 is 0. The first kappa shape index (κ1) is 23.1. The van der Waals surface area contributed by atoms with Gasteiger partial charge >= 0.3 is 0 Å². The Morgan fingerprint density at radius 3 is 2.45 bits per heavy atom. The van der Waals surface area contributed by atoms with Gasteiger partial charge in [0.05, 0.1) is 24.0 Å². The van der Waals surface area contributed by atoms with Gasteiger partial charge in [0.25, 0.3) is 0 Å². The van der Waals surface area contributed by atoms with Crippen molar-refractivity contribution in [1.29, 1.82) is 0 Å². The van der Waals surface area contributed by atoms with Gasteiger partial charge in [-0.25, -0.2) is 17.2 Å². The number of hydrogen-bond acceptors (Lipinski definition) is 4. The Balaban J connectivity index is 1.74. The summed E-state index contributed by atoms with van der Waals surface area (Å²) in [6, 6.07) is 9.18. The third-order valence-corrected chi connectivity index (χ3v) is 7.66. The number of amides is 1. The van der Waals surface area contributed by atoms with Gasteiger partial charge in [-0.15, -0.1) is 0 Å². The minimum absolute atomic E-state index is 0.0715. The number of halogens is 2. The van der Waals surface area contributed by atoms with Crippen molar-refractivity contribution < 1.29 is 26.7 Å². The van der Waals surface area contributed by atoms with Crippen molar-refractivity contribution >= 4 is 15.9 Å². The third-order valence-electron chi connectivity index (χ3n) is 5.79. The number of carbonyl (C=O) groups is 1. The maximum Gasteiger partial charge on any atom is 0.243 e. The highest BCUT2D eigenvalue weighted by molar-refractivity contribution is 7.89. The molecule has 2 unspecified atom stereocenters. The molecule has 3 rings (SSSR count). The van der Waals surface area contributed by atoms with E-state index in [9.17, 15) is 22.0 Å². The number of ether oxygens (including phenoxy) is 1. The molecule has 0 aliphatic carbocycles. The number of carbonyl (C=O) groups excluding carboxylic acids is 1. The summed E-state index contributed by atoms with van der Waals surface area (Å²) in [5.74, 6) is -2.11. The Morgan fingerprint density at radius 2 is 1.84 bits per heavy atom. The molecular weight excluding hydrogens is 426 g/mol. The van der Waals surface area contributed by atoms with E-state index < -0.39 is 33.6 Å². The van der Waals surface area contributed by atoms with Gasteiger partial charge in [-0.05, 0) is 61.7 Å². The first-order chi connectivity index (χ1) is 14.6. The molecule has 9 heteroatoms. The van der Waals surface area contributed by atoms with Crippen LogP contribution >= 0.6 is 0 Å². The molecule has 2 aromatic rings. The lowest BCUT2D eigenvalue weighted by Crippen LogP contribution is -2.46. The summed E-state index contributed by atoms with van der Waals surface area (Å²) in [5.41, 5.74) is 0.466. The van der Waals surface area contributed by atoms with E-state index >= 15 is 0 Å². The topological polar surface area (TPSA) is 66.9 Å². The maximum atomic E-state index is 13.6. The van der Waals surface area contributed by atoms with E-state index in [1.165, 1.54) is 34.5 Å². The smallest absolute Gasteiger partial charge is 0.243 e. The Kier molecular flexibility index (Phi) is 6.96. The number of sulfonamides is 1. The van der Waals surface area contributed by atoms with Gasteiger partial charge < -0.3 is 9.64 Å². The highest BCUT2D eigenvalue weighted by atomic mass is 32.2. The first-order valence-electron chi connectivity index (χ1n) is 10.0. The molecule has 168 valence electrons. The molecule has 2 atom stereocenters.